The lowest BCUT2D eigenvalue weighted by atomic mass is 10.2. The average Bonchev–Trinajstić information content (AvgIpc) is 2.33. The van der Waals surface area contributed by atoms with Gasteiger partial charge in [-0.3, -0.25) is 0 Å². The number of anilines is 2. The van der Waals surface area contributed by atoms with Crippen LogP contribution >= 0.6 is 0 Å². The van der Waals surface area contributed by atoms with Gasteiger partial charge >= 0.3 is 5.97 Å². The molecule has 0 aromatic heterocycles. The van der Waals surface area contributed by atoms with E-state index >= 15 is 0 Å². The minimum atomic E-state index is -1.14. The summed E-state index contributed by atoms with van der Waals surface area (Å²) in [5, 5.41) is 11.6. The van der Waals surface area contributed by atoms with Crippen molar-refractivity contribution in [3.8, 4) is 0 Å². The maximum absolute atomic E-state index is 13.6. The lowest BCUT2D eigenvalue weighted by Crippen LogP contribution is -1.99. The summed E-state index contributed by atoms with van der Waals surface area (Å²) >= 11 is 0. The van der Waals surface area contributed by atoms with Gasteiger partial charge in [-0.1, -0.05) is 18.2 Å². The topological polar surface area (TPSA) is 49.3 Å². The van der Waals surface area contributed by atoms with Crippen molar-refractivity contribution in [2.24, 2.45) is 0 Å². The molecule has 0 atom stereocenters. The van der Waals surface area contributed by atoms with E-state index in [4.69, 9.17) is 5.11 Å². The SMILES string of the molecule is O=C(O)c1ccc(Nc2ccccc2)c(F)c1. The molecule has 0 aliphatic carbocycles. The molecule has 3 nitrogen and oxygen atoms in total. The molecule has 0 saturated carbocycles. The third kappa shape index (κ3) is 2.60. The molecule has 0 spiro atoms. The summed E-state index contributed by atoms with van der Waals surface area (Å²) in [5.41, 5.74) is 0.928. The molecule has 2 N–H and O–H groups in total. The van der Waals surface area contributed by atoms with Crippen LogP contribution in [0.25, 0.3) is 0 Å². The number of benzene rings is 2. The highest BCUT2D eigenvalue weighted by Gasteiger charge is 2.08. The summed E-state index contributed by atoms with van der Waals surface area (Å²) in [5.74, 6) is -1.73. The van der Waals surface area contributed by atoms with E-state index in [2.05, 4.69) is 5.32 Å². The third-order valence-electron chi connectivity index (χ3n) is 2.27. The number of aromatic carboxylic acids is 1. The Morgan fingerprint density at radius 1 is 1.12 bits per heavy atom. The summed E-state index contributed by atoms with van der Waals surface area (Å²) in [6, 6.07) is 12.9. The molecular weight excluding hydrogens is 221 g/mol. The molecule has 0 amide bonds. The largest absolute Gasteiger partial charge is 0.478 e. The Labute approximate surface area is 97.5 Å². The van der Waals surface area contributed by atoms with Crippen LogP contribution in [-0.4, -0.2) is 11.1 Å². The van der Waals surface area contributed by atoms with Gasteiger partial charge in [-0.15, -0.1) is 0 Å². The van der Waals surface area contributed by atoms with Crippen LogP contribution in [0.1, 0.15) is 10.4 Å². The molecule has 0 bridgehead atoms. The minimum absolute atomic E-state index is 0.0684. The van der Waals surface area contributed by atoms with Gasteiger partial charge in [0, 0.05) is 5.69 Å². The van der Waals surface area contributed by atoms with Crippen LogP contribution in [0.3, 0.4) is 0 Å². The summed E-state index contributed by atoms with van der Waals surface area (Å²) < 4.78 is 13.6. The summed E-state index contributed by atoms with van der Waals surface area (Å²) in [7, 11) is 0. The van der Waals surface area contributed by atoms with Crippen molar-refractivity contribution in [3.05, 3.63) is 59.9 Å². The molecule has 4 heteroatoms. The first-order chi connectivity index (χ1) is 8.16. The van der Waals surface area contributed by atoms with E-state index in [1.54, 1.807) is 12.1 Å². The van der Waals surface area contributed by atoms with E-state index in [0.29, 0.717) is 0 Å². The van der Waals surface area contributed by atoms with Crippen LogP contribution in [0.2, 0.25) is 0 Å². The smallest absolute Gasteiger partial charge is 0.335 e. The summed E-state index contributed by atoms with van der Waals surface area (Å²) in [6.45, 7) is 0. The van der Waals surface area contributed by atoms with Gasteiger partial charge in [0.2, 0.25) is 0 Å². The van der Waals surface area contributed by atoms with Gasteiger partial charge in [0.05, 0.1) is 11.3 Å². The fraction of sp³-hybridized carbons (Fsp3) is 0. The lowest BCUT2D eigenvalue weighted by Gasteiger charge is -2.07. The number of carbonyl (C=O) groups is 1. The zero-order chi connectivity index (χ0) is 12.3. The Hall–Kier alpha value is -2.36. The van der Waals surface area contributed by atoms with Gasteiger partial charge in [-0.25, -0.2) is 9.18 Å². The standard InChI is InChI=1S/C13H10FNO2/c14-11-8-9(13(16)17)6-7-12(11)15-10-4-2-1-3-5-10/h1-8,15H,(H,16,17). The molecule has 86 valence electrons. The lowest BCUT2D eigenvalue weighted by molar-refractivity contribution is 0.0696. The molecule has 0 radical (unpaired) electrons. The number of carboxylic acids is 1. The van der Waals surface area contributed by atoms with Crippen molar-refractivity contribution >= 4 is 17.3 Å². The van der Waals surface area contributed by atoms with Gasteiger partial charge in [0.1, 0.15) is 5.82 Å². The minimum Gasteiger partial charge on any atom is -0.478 e. The number of para-hydroxylation sites is 1. The van der Waals surface area contributed by atoms with Gasteiger partial charge in [-0.05, 0) is 30.3 Å². The van der Waals surface area contributed by atoms with E-state index in [1.807, 2.05) is 18.2 Å². The Balaban J connectivity index is 2.26. The quantitative estimate of drug-likeness (QED) is 0.852. The maximum atomic E-state index is 13.6. The van der Waals surface area contributed by atoms with E-state index in [0.717, 1.165) is 11.8 Å². The van der Waals surface area contributed by atoms with Crippen molar-refractivity contribution in [2.45, 2.75) is 0 Å². The number of halogens is 1. The van der Waals surface area contributed by atoms with Crippen molar-refractivity contribution < 1.29 is 14.3 Å². The van der Waals surface area contributed by atoms with Crippen LogP contribution in [0.4, 0.5) is 15.8 Å². The first-order valence-corrected chi connectivity index (χ1v) is 5.02. The highest BCUT2D eigenvalue weighted by Crippen LogP contribution is 2.20. The van der Waals surface area contributed by atoms with Crippen molar-refractivity contribution in [2.75, 3.05) is 5.32 Å². The molecule has 0 aliphatic rings. The number of carboxylic acid groups (broad SMARTS) is 1. The van der Waals surface area contributed by atoms with E-state index in [-0.39, 0.29) is 11.3 Å². The van der Waals surface area contributed by atoms with Crippen LogP contribution in [0.5, 0.6) is 0 Å². The van der Waals surface area contributed by atoms with E-state index < -0.39 is 11.8 Å². The molecule has 0 heterocycles. The fourth-order valence-electron chi connectivity index (χ4n) is 1.43. The second kappa shape index (κ2) is 4.65. The normalized spacial score (nSPS) is 9.94. The highest BCUT2D eigenvalue weighted by molar-refractivity contribution is 5.88. The molecule has 0 unspecified atom stereocenters. The second-order valence-corrected chi connectivity index (χ2v) is 3.49. The van der Waals surface area contributed by atoms with Gasteiger partial charge < -0.3 is 10.4 Å². The maximum Gasteiger partial charge on any atom is 0.335 e. The molecule has 0 saturated heterocycles. The number of rotatable bonds is 3. The third-order valence-corrected chi connectivity index (χ3v) is 2.27. The number of hydrogen-bond donors (Lipinski definition) is 2. The Morgan fingerprint density at radius 3 is 2.41 bits per heavy atom. The first kappa shape index (κ1) is 11.1. The Kier molecular flexibility index (Phi) is 3.05. The summed E-state index contributed by atoms with van der Waals surface area (Å²) in [6.07, 6.45) is 0. The summed E-state index contributed by atoms with van der Waals surface area (Å²) in [4.78, 5) is 10.6. The Morgan fingerprint density at radius 2 is 1.82 bits per heavy atom. The van der Waals surface area contributed by atoms with Crippen molar-refractivity contribution in [1.82, 2.24) is 0 Å². The zero-order valence-electron chi connectivity index (χ0n) is 8.85. The molecule has 0 fully saturated rings. The first-order valence-electron chi connectivity index (χ1n) is 5.02. The monoisotopic (exact) mass is 231 g/mol. The molecule has 2 aromatic carbocycles. The van der Waals surface area contributed by atoms with Crippen LogP contribution < -0.4 is 5.32 Å². The predicted octanol–water partition coefficient (Wildman–Crippen LogP) is 3.27. The molecule has 17 heavy (non-hydrogen) atoms. The molecule has 2 aromatic rings. The number of nitrogens with one attached hydrogen (secondary N) is 1. The zero-order valence-corrected chi connectivity index (χ0v) is 8.85. The van der Waals surface area contributed by atoms with Crippen LogP contribution in [0.15, 0.2) is 48.5 Å². The van der Waals surface area contributed by atoms with Crippen LogP contribution in [0, 0.1) is 5.82 Å². The molecule has 2 rings (SSSR count). The van der Waals surface area contributed by atoms with E-state index in [1.165, 1.54) is 12.1 Å². The van der Waals surface area contributed by atoms with Crippen LogP contribution in [-0.2, 0) is 0 Å². The van der Waals surface area contributed by atoms with Crippen molar-refractivity contribution in [1.29, 1.82) is 0 Å². The molecule has 0 aliphatic heterocycles. The van der Waals surface area contributed by atoms with Gasteiger partial charge in [0.15, 0.2) is 0 Å². The number of hydrogen-bond acceptors (Lipinski definition) is 2. The van der Waals surface area contributed by atoms with Gasteiger partial charge in [0.25, 0.3) is 0 Å². The predicted molar refractivity (Wildman–Crippen MR) is 63.1 cm³/mol. The van der Waals surface area contributed by atoms with E-state index in [9.17, 15) is 9.18 Å². The van der Waals surface area contributed by atoms with Gasteiger partial charge in [-0.2, -0.15) is 0 Å². The fourth-order valence-corrected chi connectivity index (χ4v) is 1.43. The average molecular weight is 231 g/mol. The Bertz CT molecular complexity index is 540. The van der Waals surface area contributed by atoms with Crippen molar-refractivity contribution in [3.63, 3.8) is 0 Å². The molecular formula is C13H10FNO2. The highest BCUT2D eigenvalue weighted by atomic mass is 19.1. The second-order valence-electron chi connectivity index (χ2n) is 3.49.